The summed E-state index contributed by atoms with van der Waals surface area (Å²) in [4.78, 5) is 0. The molecule has 0 unspecified atom stereocenters. The van der Waals surface area contributed by atoms with Crippen LogP contribution in [0.2, 0.25) is 0 Å². The summed E-state index contributed by atoms with van der Waals surface area (Å²) >= 11 is 0. The van der Waals surface area contributed by atoms with Gasteiger partial charge >= 0.3 is 15.5 Å². The Kier molecular flexibility index (Phi) is 4.87. The SMILES string of the molecule is CCC(CC)CNS(=O)(=O)C(F)(F)F. The highest BCUT2D eigenvalue weighted by molar-refractivity contribution is 7.90. The average Bonchev–Trinajstić information content (AvgIpc) is 2.04. The third kappa shape index (κ3) is 3.83. The topological polar surface area (TPSA) is 46.2 Å². The quantitative estimate of drug-likeness (QED) is 0.787. The first-order valence-corrected chi connectivity index (χ1v) is 5.78. The van der Waals surface area contributed by atoms with Gasteiger partial charge in [-0.05, 0) is 5.92 Å². The van der Waals surface area contributed by atoms with Gasteiger partial charge in [-0.15, -0.1) is 0 Å². The molecule has 1 N–H and O–H groups in total. The van der Waals surface area contributed by atoms with E-state index < -0.39 is 15.5 Å². The molecule has 0 aliphatic rings. The molecule has 86 valence electrons. The van der Waals surface area contributed by atoms with Crippen LogP contribution in [-0.2, 0) is 10.0 Å². The number of alkyl halides is 3. The molecule has 3 nitrogen and oxygen atoms in total. The smallest absolute Gasteiger partial charge is 0.207 e. The summed E-state index contributed by atoms with van der Waals surface area (Å²) in [5, 5.41) is 0. The van der Waals surface area contributed by atoms with Crippen LogP contribution in [0.1, 0.15) is 26.7 Å². The monoisotopic (exact) mass is 233 g/mol. The maximum atomic E-state index is 11.8. The van der Waals surface area contributed by atoms with Crippen LogP contribution in [0, 0.1) is 5.92 Å². The van der Waals surface area contributed by atoms with Gasteiger partial charge < -0.3 is 0 Å². The molecule has 0 rings (SSSR count). The summed E-state index contributed by atoms with van der Waals surface area (Å²) in [7, 11) is -5.16. The first-order valence-electron chi connectivity index (χ1n) is 4.30. The number of halogens is 3. The average molecular weight is 233 g/mol. The number of hydrogen-bond donors (Lipinski definition) is 1. The minimum absolute atomic E-state index is 0.0490. The first kappa shape index (κ1) is 13.7. The van der Waals surface area contributed by atoms with Crippen molar-refractivity contribution in [3.05, 3.63) is 0 Å². The van der Waals surface area contributed by atoms with Crippen LogP contribution in [0.5, 0.6) is 0 Å². The van der Waals surface area contributed by atoms with Crippen LogP contribution < -0.4 is 4.72 Å². The van der Waals surface area contributed by atoms with E-state index in [1.165, 1.54) is 0 Å². The van der Waals surface area contributed by atoms with E-state index in [1.54, 1.807) is 18.6 Å². The third-order valence-corrected chi connectivity index (χ3v) is 3.18. The number of nitrogens with one attached hydrogen (secondary N) is 1. The van der Waals surface area contributed by atoms with Gasteiger partial charge in [0.15, 0.2) is 0 Å². The van der Waals surface area contributed by atoms with E-state index in [-0.39, 0.29) is 12.5 Å². The first-order chi connectivity index (χ1) is 6.24. The van der Waals surface area contributed by atoms with Crippen LogP contribution >= 0.6 is 0 Å². The zero-order chi connectivity index (χ0) is 11.4. The summed E-state index contributed by atoms with van der Waals surface area (Å²) in [6.45, 7) is 3.45. The van der Waals surface area contributed by atoms with Crippen LogP contribution in [0.3, 0.4) is 0 Å². The molecule has 0 aromatic rings. The lowest BCUT2D eigenvalue weighted by atomic mass is 10.0. The van der Waals surface area contributed by atoms with E-state index in [1.807, 2.05) is 0 Å². The zero-order valence-corrected chi connectivity index (χ0v) is 8.87. The van der Waals surface area contributed by atoms with Crippen LogP contribution in [0.15, 0.2) is 0 Å². The molecular weight excluding hydrogens is 219 g/mol. The molecule has 0 atom stereocenters. The number of rotatable bonds is 5. The van der Waals surface area contributed by atoms with Crippen LogP contribution in [0.25, 0.3) is 0 Å². The van der Waals surface area contributed by atoms with E-state index in [9.17, 15) is 21.6 Å². The van der Waals surface area contributed by atoms with Gasteiger partial charge in [0, 0.05) is 6.54 Å². The van der Waals surface area contributed by atoms with Gasteiger partial charge in [0.25, 0.3) is 0 Å². The van der Waals surface area contributed by atoms with Gasteiger partial charge in [0.1, 0.15) is 0 Å². The molecule has 0 aliphatic carbocycles. The molecule has 0 amide bonds. The Balaban J connectivity index is 4.27. The Bertz CT molecular complexity index is 257. The summed E-state index contributed by atoms with van der Waals surface area (Å²) in [5.74, 6) is -0.0490. The fraction of sp³-hybridized carbons (Fsp3) is 1.00. The van der Waals surface area contributed by atoms with Gasteiger partial charge in [0.05, 0.1) is 0 Å². The highest BCUT2D eigenvalue weighted by Gasteiger charge is 2.45. The third-order valence-electron chi connectivity index (χ3n) is 2.02. The maximum absolute atomic E-state index is 11.8. The van der Waals surface area contributed by atoms with Crippen LogP contribution in [-0.4, -0.2) is 20.5 Å². The summed E-state index contributed by atoms with van der Waals surface area (Å²) in [5.41, 5.74) is -5.21. The van der Waals surface area contributed by atoms with Crippen molar-refractivity contribution in [1.82, 2.24) is 4.72 Å². The largest absolute Gasteiger partial charge is 0.511 e. The molecule has 0 saturated heterocycles. The minimum atomic E-state index is -5.21. The van der Waals surface area contributed by atoms with Crippen molar-refractivity contribution in [3.8, 4) is 0 Å². The lowest BCUT2D eigenvalue weighted by Crippen LogP contribution is -2.38. The van der Waals surface area contributed by atoms with E-state index in [0.29, 0.717) is 12.8 Å². The van der Waals surface area contributed by atoms with Gasteiger partial charge in [0.2, 0.25) is 0 Å². The molecule has 0 aliphatic heterocycles. The molecule has 7 heteroatoms. The zero-order valence-electron chi connectivity index (χ0n) is 8.06. The Morgan fingerprint density at radius 3 is 1.93 bits per heavy atom. The van der Waals surface area contributed by atoms with Crippen LogP contribution in [0.4, 0.5) is 13.2 Å². The second-order valence-corrected chi connectivity index (χ2v) is 4.74. The molecule has 0 heterocycles. The number of sulfonamides is 1. The predicted octanol–water partition coefficient (Wildman–Crippen LogP) is 1.86. The van der Waals surface area contributed by atoms with Gasteiger partial charge in [-0.2, -0.15) is 13.2 Å². The van der Waals surface area contributed by atoms with E-state index >= 15 is 0 Å². The molecule has 0 aromatic heterocycles. The summed E-state index contributed by atoms with van der Waals surface area (Å²) < 4.78 is 58.2. The molecule has 0 aromatic carbocycles. The van der Waals surface area contributed by atoms with Gasteiger partial charge in [-0.1, -0.05) is 26.7 Å². The second kappa shape index (κ2) is 4.97. The normalized spacial score (nSPS) is 13.6. The van der Waals surface area contributed by atoms with Crippen molar-refractivity contribution in [2.45, 2.75) is 32.2 Å². The minimum Gasteiger partial charge on any atom is -0.207 e. The maximum Gasteiger partial charge on any atom is 0.511 e. The van der Waals surface area contributed by atoms with Crippen molar-refractivity contribution in [3.63, 3.8) is 0 Å². The van der Waals surface area contributed by atoms with Crippen molar-refractivity contribution >= 4 is 10.0 Å². The number of hydrogen-bond acceptors (Lipinski definition) is 2. The van der Waals surface area contributed by atoms with E-state index in [4.69, 9.17) is 0 Å². The Labute approximate surface area is 81.7 Å². The molecule has 0 fully saturated rings. The standard InChI is InChI=1S/C7H14F3NO2S/c1-3-6(4-2)5-11-14(12,13)7(8,9)10/h6,11H,3-5H2,1-2H3. The van der Waals surface area contributed by atoms with Crippen molar-refractivity contribution < 1.29 is 21.6 Å². The predicted molar refractivity (Wildman–Crippen MR) is 47.0 cm³/mol. The summed E-state index contributed by atoms with van der Waals surface area (Å²) in [6, 6.07) is 0. The van der Waals surface area contributed by atoms with Gasteiger partial charge in [-0.25, -0.2) is 13.1 Å². The Morgan fingerprint density at radius 2 is 1.64 bits per heavy atom. The van der Waals surface area contributed by atoms with Crippen molar-refractivity contribution in [1.29, 1.82) is 0 Å². The highest BCUT2D eigenvalue weighted by Crippen LogP contribution is 2.21. The van der Waals surface area contributed by atoms with E-state index in [0.717, 1.165) is 0 Å². The van der Waals surface area contributed by atoms with Crippen molar-refractivity contribution in [2.75, 3.05) is 6.54 Å². The Hall–Kier alpha value is -0.300. The molecule has 0 radical (unpaired) electrons. The molecule has 0 bridgehead atoms. The lowest BCUT2D eigenvalue weighted by molar-refractivity contribution is -0.0448. The molecular formula is C7H14F3NO2S. The summed E-state index contributed by atoms with van der Waals surface area (Å²) in [6.07, 6.45) is 1.30. The van der Waals surface area contributed by atoms with E-state index in [2.05, 4.69) is 0 Å². The molecule has 14 heavy (non-hydrogen) atoms. The Morgan fingerprint density at radius 1 is 1.21 bits per heavy atom. The fourth-order valence-corrected chi connectivity index (χ4v) is 1.51. The highest BCUT2D eigenvalue weighted by atomic mass is 32.2. The van der Waals surface area contributed by atoms with Crippen molar-refractivity contribution in [2.24, 2.45) is 5.92 Å². The molecule has 0 saturated carbocycles. The lowest BCUT2D eigenvalue weighted by Gasteiger charge is -2.14. The molecule has 0 spiro atoms. The fourth-order valence-electron chi connectivity index (χ4n) is 0.887. The second-order valence-electron chi connectivity index (χ2n) is 2.98. The van der Waals surface area contributed by atoms with Gasteiger partial charge in [-0.3, -0.25) is 0 Å².